The highest BCUT2D eigenvalue weighted by Crippen LogP contribution is 2.27. The summed E-state index contributed by atoms with van der Waals surface area (Å²) in [6.07, 6.45) is 3.33. The van der Waals surface area contributed by atoms with Gasteiger partial charge in [-0.2, -0.15) is 0 Å². The highest BCUT2D eigenvalue weighted by Gasteiger charge is 2.06. The Bertz CT molecular complexity index is 590. The summed E-state index contributed by atoms with van der Waals surface area (Å²) in [5.41, 5.74) is 0.992. The Morgan fingerprint density at radius 2 is 2.10 bits per heavy atom. The first kappa shape index (κ1) is 14.9. The Balaban J connectivity index is 2.13. The second-order valence-electron chi connectivity index (χ2n) is 4.74. The Labute approximate surface area is 126 Å². The minimum Gasteiger partial charge on any atom is -0.453 e. The molecule has 0 aliphatic heterocycles. The fourth-order valence-electron chi connectivity index (χ4n) is 1.62. The fraction of sp³-hybridized carbons (Fsp3) is 0.267. The lowest BCUT2D eigenvalue weighted by Crippen LogP contribution is -2.21. The largest absolute Gasteiger partial charge is 0.453 e. The molecule has 1 heterocycles. The molecule has 0 spiro atoms. The molecule has 2 rings (SSSR count). The van der Waals surface area contributed by atoms with Crippen LogP contribution in [0.25, 0.3) is 0 Å². The molecule has 1 N–H and O–H groups in total. The summed E-state index contributed by atoms with van der Waals surface area (Å²) < 4.78 is 19.9. The summed E-state index contributed by atoms with van der Waals surface area (Å²) >= 11 is 3.29. The predicted octanol–water partition coefficient (Wildman–Crippen LogP) is 4.27. The fourth-order valence-corrected chi connectivity index (χ4v) is 1.96. The van der Waals surface area contributed by atoms with Crippen LogP contribution in [0.15, 0.2) is 41.1 Å². The quantitative estimate of drug-likeness (QED) is 0.883. The van der Waals surface area contributed by atoms with Gasteiger partial charge in [0.05, 0.1) is 6.20 Å². The molecule has 0 atom stereocenters. The van der Waals surface area contributed by atoms with Crippen molar-refractivity contribution in [3.63, 3.8) is 0 Å². The van der Waals surface area contributed by atoms with Crippen molar-refractivity contribution >= 4 is 15.9 Å². The van der Waals surface area contributed by atoms with Gasteiger partial charge in [-0.05, 0) is 29.8 Å². The number of aromatic nitrogens is 1. The van der Waals surface area contributed by atoms with Gasteiger partial charge in [0.15, 0.2) is 11.6 Å². The van der Waals surface area contributed by atoms with Crippen LogP contribution in [0.1, 0.15) is 19.4 Å². The molecular formula is C15H16BrFN2O. The topological polar surface area (TPSA) is 34.2 Å². The molecule has 1 aromatic heterocycles. The standard InChI is InChI=1S/C15H16BrFN2O/c1-10(2)19-8-11-5-13(9-18-7-11)20-15-6-12(16)3-4-14(15)17/h3-7,9-10,19H,8H2,1-2H3. The summed E-state index contributed by atoms with van der Waals surface area (Å²) in [6, 6.07) is 6.82. The van der Waals surface area contributed by atoms with Crippen molar-refractivity contribution in [3.8, 4) is 11.5 Å². The van der Waals surface area contributed by atoms with E-state index in [9.17, 15) is 4.39 Å². The molecule has 0 aliphatic carbocycles. The molecule has 0 radical (unpaired) electrons. The number of rotatable bonds is 5. The third-order valence-corrected chi connectivity index (χ3v) is 3.10. The van der Waals surface area contributed by atoms with Crippen LogP contribution >= 0.6 is 15.9 Å². The Morgan fingerprint density at radius 3 is 2.85 bits per heavy atom. The number of halogens is 2. The summed E-state index contributed by atoms with van der Waals surface area (Å²) in [5.74, 6) is 0.291. The van der Waals surface area contributed by atoms with Crippen molar-refractivity contribution in [2.45, 2.75) is 26.4 Å². The summed E-state index contributed by atoms with van der Waals surface area (Å²) in [5, 5.41) is 3.30. The van der Waals surface area contributed by atoms with Gasteiger partial charge in [0.1, 0.15) is 5.75 Å². The molecule has 0 fully saturated rings. The van der Waals surface area contributed by atoms with Crippen LogP contribution < -0.4 is 10.1 Å². The number of benzene rings is 1. The third kappa shape index (κ3) is 4.28. The van der Waals surface area contributed by atoms with E-state index in [0.29, 0.717) is 18.3 Å². The first-order valence-electron chi connectivity index (χ1n) is 6.35. The minimum atomic E-state index is -0.404. The normalized spacial score (nSPS) is 10.8. The van der Waals surface area contributed by atoms with E-state index < -0.39 is 5.82 Å². The first-order valence-corrected chi connectivity index (χ1v) is 7.14. The van der Waals surface area contributed by atoms with E-state index in [1.54, 1.807) is 24.5 Å². The highest BCUT2D eigenvalue weighted by molar-refractivity contribution is 9.10. The molecule has 0 saturated carbocycles. The lowest BCUT2D eigenvalue weighted by atomic mass is 10.2. The van der Waals surface area contributed by atoms with Gasteiger partial charge in [0.2, 0.25) is 0 Å². The van der Waals surface area contributed by atoms with E-state index in [1.165, 1.54) is 6.07 Å². The van der Waals surface area contributed by atoms with E-state index in [4.69, 9.17) is 4.74 Å². The SMILES string of the molecule is CC(C)NCc1cncc(Oc2cc(Br)ccc2F)c1. The van der Waals surface area contributed by atoms with Crippen molar-refractivity contribution in [3.05, 3.63) is 52.5 Å². The van der Waals surface area contributed by atoms with E-state index in [2.05, 4.69) is 40.1 Å². The highest BCUT2D eigenvalue weighted by atomic mass is 79.9. The molecule has 1 aromatic carbocycles. The average Bonchev–Trinajstić information content (AvgIpc) is 2.41. The zero-order valence-electron chi connectivity index (χ0n) is 11.4. The van der Waals surface area contributed by atoms with Gasteiger partial charge < -0.3 is 10.1 Å². The summed E-state index contributed by atoms with van der Waals surface area (Å²) in [6.45, 7) is 4.85. The molecule has 0 aliphatic rings. The van der Waals surface area contributed by atoms with Gasteiger partial charge in [-0.25, -0.2) is 4.39 Å². The van der Waals surface area contributed by atoms with E-state index in [0.717, 1.165) is 10.0 Å². The van der Waals surface area contributed by atoms with Gasteiger partial charge in [-0.1, -0.05) is 29.8 Å². The molecule has 20 heavy (non-hydrogen) atoms. The van der Waals surface area contributed by atoms with Crippen molar-refractivity contribution in [1.82, 2.24) is 10.3 Å². The number of nitrogens with one attached hydrogen (secondary N) is 1. The van der Waals surface area contributed by atoms with Crippen molar-refractivity contribution in [2.75, 3.05) is 0 Å². The Morgan fingerprint density at radius 1 is 1.30 bits per heavy atom. The number of nitrogens with zero attached hydrogens (tertiary/aromatic N) is 1. The van der Waals surface area contributed by atoms with Crippen molar-refractivity contribution in [2.24, 2.45) is 0 Å². The molecule has 0 saturated heterocycles. The van der Waals surface area contributed by atoms with Crippen LogP contribution in [0.2, 0.25) is 0 Å². The van der Waals surface area contributed by atoms with E-state index >= 15 is 0 Å². The van der Waals surface area contributed by atoms with Gasteiger partial charge in [0, 0.05) is 23.3 Å². The lowest BCUT2D eigenvalue weighted by Gasteiger charge is -2.10. The molecule has 0 bridgehead atoms. The maximum atomic E-state index is 13.6. The Kier molecular flexibility index (Phi) is 5.09. The Hall–Kier alpha value is -1.46. The van der Waals surface area contributed by atoms with Gasteiger partial charge in [0.25, 0.3) is 0 Å². The van der Waals surface area contributed by atoms with Crippen LogP contribution in [0, 0.1) is 5.82 Å². The van der Waals surface area contributed by atoms with Gasteiger partial charge in [-0.3, -0.25) is 4.98 Å². The van der Waals surface area contributed by atoms with Crippen LogP contribution in [-0.2, 0) is 6.54 Å². The average molecular weight is 339 g/mol. The maximum Gasteiger partial charge on any atom is 0.165 e. The number of pyridine rings is 1. The monoisotopic (exact) mass is 338 g/mol. The smallest absolute Gasteiger partial charge is 0.165 e. The second-order valence-corrected chi connectivity index (χ2v) is 5.66. The zero-order chi connectivity index (χ0) is 14.5. The second kappa shape index (κ2) is 6.81. The summed E-state index contributed by atoms with van der Waals surface area (Å²) in [4.78, 5) is 4.11. The zero-order valence-corrected chi connectivity index (χ0v) is 12.9. The molecule has 3 nitrogen and oxygen atoms in total. The summed E-state index contributed by atoms with van der Waals surface area (Å²) in [7, 11) is 0. The van der Waals surface area contributed by atoms with Crippen LogP contribution in [0.5, 0.6) is 11.5 Å². The molecule has 0 amide bonds. The predicted molar refractivity (Wildman–Crippen MR) is 80.4 cm³/mol. The minimum absolute atomic E-state index is 0.176. The van der Waals surface area contributed by atoms with Gasteiger partial charge in [-0.15, -0.1) is 0 Å². The van der Waals surface area contributed by atoms with Crippen LogP contribution in [0.3, 0.4) is 0 Å². The number of ether oxygens (including phenoxy) is 1. The lowest BCUT2D eigenvalue weighted by molar-refractivity contribution is 0.439. The van der Waals surface area contributed by atoms with E-state index in [-0.39, 0.29) is 5.75 Å². The van der Waals surface area contributed by atoms with Crippen LogP contribution in [-0.4, -0.2) is 11.0 Å². The molecule has 0 unspecified atom stereocenters. The number of hydrogen-bond acceptors (Lipinski definition) is 3. The molecule has 106 valence electrons. The van der Waals surface area contributed by atoms with Crippen molar-refractivity contribution in [1.29, 1.82) is 0 Å². The molecular weight excluding hydrogens is 323 g/mol. The number of hydrogen-bond donors (Lipinski definition) is 1. The molecule has 2 aromatic rings. The van der Waals surface area contributed by atoms with Crippen molar-refractivity contribution < 1.29 is 9.13 Å². The first-order chi connectivity index (χ1) is 9.54. The van der Waals surface area contributed by atoms with E-state index in [1.807, 2.05) is 6.07 Å². The maximum absolute atomic E-state index is 13.6. The van der Waals surface area contributed by atoms with Crippen LogP contribution in [0.4, 0.5) is 4.39 Å². The van der Waals surface area contributed by atoms with Gasteiger partial charge >= 0.3 is 0 Å². The third-order valence-electron chi connectivity index (χ3n) is 2.61. The molecule has 5 heteroatoms.